The van der Waals surface area contributed by atoms with Gasteiger partial charge in [0.05, 0.1) is 17.7 Å². The molecule has 0 aromatic heterocycles. The Morgan fingerprint density at radius 3 is 2.55 bits per heavy atom. The maximum Gasteiger partial charge on any atom is 0.343 e. The molecule has 1 saturated heterocycles. The zero-order valence-corrected chi connectivity index (χ0v) is 18.3. The molecule has 8 heteroatoms. The van der Waals surface area contributed by atoms with Crippen molar-refractivity contribution in [3.8, 4) is 5.75 Å². The number of aliphatic imine (C=N–C) groups is 1. The van der Waals surface area contributed by atoms with Crippen LogP contribution in [0.1, 0.15) is 29.8 Å². The van der Waals surface area contributed by atoms with E-state index in [1.807, 2.05) is 6.92 Å². The highest BCUT2D eigenvalue weighted by atomic mass is 32.2. The SMILES string of the molecule is CCN1C(=O)/C(=C/c2ccc(OCC(=O)OC)cc2)SC1=Nc1cccc(C(C)=O)c1. The maximum absolute atomic E-state index is 12.8. The largest absolute Gasteiger partial charge is 0.482 e. The highest BCUT2D eigenvalue weighted by Gasteiger charge is 2.32. The van der Waals surface area contributed by atoms with Crippen LogP contribution in [0, 0.1) is 0 Å². The Morgan fingerprint density at radius 1 is 1.16 bits per heavy atom. The number of ketones is 1. The lowest BCUT2D eigenvalue weighted by Gasteiger charge is -2.12. The summed E-state index contributed by atoms with van der Waals surface area (Å²) in [6.07, 6.45) is 1.79. The van der Waals surface area contributed by atoms with E-state index in [2.05, 4.69) is 9.73 Å². The van der Waals surface area contributed by atoms with Crippen molar-refractivity contribution in [2.75, 3.05) is 20.3 Å². The third-order valence-corrected chi connectivity index (χ3v) is 5.45. The molecule has 1 amide bonds. The molecule has 0 unspecified atom stereocenters. The van der Waals surface area contributed by atoms with Gasteiger partial charge in [-0.3, -0.25) is 14.5 Å². The monoisotopic (exact) mass is 438 g/mol. The first kappa shape index (κ1) is 22.3. The summed E-state index contributed by atoms with van der Waals surface area (Å²) in [4.78, 5) is 42.3. The van der Waals surface area contributed by atoms with Crippen molar-refractivity contribution >= 4 is 46.4 Å². The van der Waals surface area contributed by atoms with E-state index < -0.39 is 5.97 Å². The number of hydrogen-bond acceptors (Lipinski definition) is 7. The van der Waals surface area contributed by atoms with E-state index in [0.717, 1.165) is 5.56 Å². The van der Waals surface area contributed by atoms with Crippen molar-refractivity contribution in [1.29, 1.82) is 0 Å². The summed E-state index contributed by atoms with van der Waals surface area (Å²) in [7, 11) is 1.30. The molecule has 0 aliphatic carbocycles. The van der Waals surface area contributed by atoms with Gasteiger partial charge >= 0.3 is 5.97 Å². The minimum atomic E-state index is -0.459. The van der Waals surface area contributed by atoms with Crippen LogP contribution in [0.2, 0.25) is 0 Å². The van der Waals surface area contributed by atoms with E-state index in [9.17, 15) is 14.4 Å². The van der Waals surface area contributed by atoms with Crippen LogP contribution in [-0.4, -0.2) is 48.0 Å². The average molecular weight is 439 g/mol. The number of carbonyl (C=O) groups is 3. The van der Waals surface area contributed by atoms with Crippen molar-refractivity contribution < 1.29 is 23.9 Å². The van der Waals surface area contributed by atoms with Crippen LogP contribution in [-0.2, 0) is 14.3 Å². The van der Waals surface area contributed by atoms with E-state index in [1.165, 1.54) is 25.8 Å². The minimum Gasteiger partial charge on any atom is -0.482 e. The standard InChI is InChI=1S/C23H22N2O5S/c1-4-25-22(28)20(12-16-8-10-19(11-9-16)30-14-21(27)29-3)31-23(25)24-18-7-5-6-17(13-18)15(2)26/h5-13H,4,14H2,1-3H3/b20-12-,24-23?. The Morgan fingerprint density at radius 2 is 1.90 bits per heavy atom. The number of methoxy groups -OCH3 is 1. The Labute approximate surface area is 184 Å². The molecule has 0 saturated carbocycles. The number of likely N-dealkylation sites (N-methyl/N-ethyl adjacent to an activating group) is 1. The molecule has 0 spiro atoms. The number of esters is 1. The van der Waals surface area contributed by atoms with E-state index in [0.29, 0.717) is 33.6 Å². The van der Waals surface area contributed by atoms with Crippen molar-refractivity contribution in [3.05, 3.63) is 64.6 Å². The second-order valence-electron chi connectivity index (χ2n) is 6.59. The summed E-state index contributed by atoms with van der Waals surface area (Å²) in [6, 6.07) is 14.1. The number of thioether (sulfide) groups is 1. The number of nitrogens with zero attached hydrogens (tertiary/aromatic N) is 2. The molecule has 160 valence electrons. The van der Waals surface area contributed by atoms with Gasteiger partial charge in [0.2, 0.25) is 0 Å². The van der Waals surface area contributed by atoms with Crippen molar-refractivity contribution in [2.24, 2.45) is 4.99 Å². The predicted molar refractivity (Wildman–Crippen MR) is 120 cm³/mol. The summed E-state index contributed by atoms with van der Waals surface area (Å²) in [6.45, 7) is 3.71. The zero-order valence-electron chi connectivity index (χ0n) is 17.5. The number of ether oxygens (including phenoxy) is 2. The number of hydrogen-bond donors (Lipinski definition) is 0. The number of amides is 1. The van der Waals surface area contributed by atoms with Crippen molar-refractivity contribution in [2.45, 2.75) is 13.8 Å². The van der Waals surface area contributed by atoms with Crippen LogP contribution >= 0.6 is 11.8 Å². The number of carbonyl (C=O) groups excluding carboxylic acids is 3. The average Bonchev–Trinajstić information content (AvgIpc) is 3.06. The topological polar surface area (TPSA) is 85.3 Å². The molecular weight excluding hydrogens is 416 g/mol. The molecule has 1 aliphatic rings. The Hall–Kier alpha value is -3.39. The molecule has 7 nitrogen and oxygen atoms in total. The fraction of sp³-hybridized carbons (Fsp3) is 0.217. The molecule has 2 aromatic rings. The molecule has 0 atom stereocenters. The Bertz CT molecular complexity index is 1060. The lowest BCUT2D eigenvalue weighted by atomic mass is 10.1. The van der Waals surface area contributed by atoms with Gasteiger partial charge in [-0.1, -0.05) is 24.3 Å². The van der Waals surface area contributed by atoms with Crippen molar-refractivity contribution in [1.82, 2.24) is 4.90 Å². The number of amidine groups is 1. The highest BCUT2D eigenvalue weighted by molar-refractivity contribution is 8.18. The van der Waals surface area contributed by atoms with Gasteiger partial charge < -0.3 is 9.47 Å². The molecule has 2 aromatic carbocycles. The Kier molecular flexibility index (Phi) is 7.25. The molecule has 0 bridgehead atoms. The van der Waals surface area contributed by atoms with Crippen LogP contribution < -0.4 is 4.74 Å². The molecule has 1 heterocycles. The van der Waals surface area contributed by atoms with Crippen LogP contribution in [0.15, 0.2) is 58.4 Å². The molecule has 1 aliphatic heterocycles. The van der Waals surface area contributed by atoms with Gasteiger partial charge in [-0.2, -0.15) is 0 Å². The van der Waals surface area contributed by atoms with E-state index in [4.69, 9.17) is 4.74 Å². The third kappa shape index (κ3) is 5.61. The first-order valence-corrected chi connectivity index (χ1v) is 10.4. The normalized spacial score (nSPS) is 16.1. The van der Waals surface area contributed by atoms with Gasteiger partial charge in [-0.05, 0) is 61.5 Å². The molecule has 31 heavy (non-hydrogen) atoms. The Balaban J connectivity index is 1.79. The van der Waals surface area contributed by atoms with E-state index in [1.54, 1.807) is 59.5 Å². The summed E-state index contributed by atoms with van der Waals surface area (Å²) < 4.78 is 9.87. The highest BCUT2D eigenvalue weighted by Crippen LogP contribution is 2.34. The first-order valence-electron chi connectivity index (χ1n) is 9.62. The molecule has 1 fully saturated rings. The van der Waals surface area contributed by atoms with Gasteiger partial charge in [0.15, 0.2) is 17.6 Å². The first-order chi connectivity index (χ1) is 14.9. The molecular formula is C23H22N2O5S. The predicted octanol–water partition coefficient (Wildman–Crippen LogP) is 4.06. The second kappa shape index (κ2) is 10.1. The summed E-state index contributed by atoms with van der Waals surface area (Å²) in [5, 5.41) is 0.567. The fourth-order valence-electron chi connectivity index (χ4n) is 2.79. The fourth-order valence-corrected chi connectivity index (χ4v) is 3.85. The summed E-state index contributed by atoms with van der Waals surface area (Å²) in [5.74, 6) is -0.0932. The van der Waals surface area contributed by atoms with Gasteiger partial charge in [0.25, 0.3) is 5.91 Å². The van der Waals surface area contributed by atoms with Crippen molar-refractivity contribution in [3.63, 3.8) is 0 Å². The zero-order chi connectivity index (χ0) is 22.4. The third-order valence-electron chi connectivity index (χ3n) is 4.44. The van der Waals surface area contributed by atoms with Crippen LogP contribution in [0.5, 0.6) is 5.75 Å². The lowest BCUT2D eigenvalue weighted by Crippen LogP contribution is -2.28. The van der Waals surface area contributed by atoms with Gasteiger partial charge in [-0.25, -0.2) is 9.79 Å². The molecule has 0 N–H and O–H groups in total. The number of rotatable bonds is 7. The minimum absolute atomic E-state index is 0.0378. The number of benzene rings is 2. The summed E-state index contributed by atoms with van der Waals surface area (Å²) >= 11 is 1.29. The van der Waals surface area contributed by atoms with Crippen LogP contribution in [0.25, 0.3) is 6.08 Å². The van der Waals surface area contributed by atoms with Gasteiger partial charge in [-0.15, -0.1) is 0 Å². The second-order valence-corrected chi connectivity index (χ2v) is 7.60. The smallest absolute Gasteiger partial charge is 0.343 e. The maximum atomic E-state index is 12.8. The van der Waals surface area contributed by atoms with Crippen LogP contribution in [0.4, 0.5) is 5.69 Å². The molecule has 3 rings (SSSR count). The lowest BCUT2D eigenvalue weighted by molar-refractivity contribution is -0.142. The van der Waals surface area contributed by atoms with Gasteiger partial charge in [0.1, 0.15) is 5.75 Å². The summed E-state index contributed by atoms with van der Waals surface area (Å²) in [5.41, 5.74) is 2.01. The van der Waals surface area contributed by atoms with Crippen LogP contribution in [0.3, 0.4) is 0 Å². The quantitative estimate of drug-likeness (QED) is 0.368. The molecule has 0 radical (unpaired) electrons. The number of Topliss-reactive ketones (excluding diaryl/α,β-unsaturated/α-hetero) is 1. The van der Waals surface area contributed by atoms with Gasteiger partial charge in [0, 0.05) is 12.1 Å². The van der Waals surface area contributed by atoms with E-state index in [-0.39, 0.29) is 18.3 Å². The van der Waals surface area contributed by atoms with E-state index >= 15 is 0 Å².